The van der Waals surface area contributed by atoms with Crippen LogP contribution in [0.5, 0.6) is 0 Å². The van der Waals surface area contributed by atoms with Gasteiger partial charge in [-0.3, -0.25) is 9.59 Å². The third kappa shape index (κ3) is 8.02. The molecule has 1 unspecified atom stereocenters. The third-order valence-electron chi connectivity index (χ3n) is 9.27. The van der Waals surface area contributed by atoms with Crippen molar-refractivity contribution in [2.45, 2.75) is 78.2 Å². The van der Waals surface area contributed by atoms with E-state index in [1.54, 1.807) is 21.8 Å². The Morgan fingerprint density at radius 3 is 2.37 bits per heavy atom. The third-order valence-corrected chi connectivity index (χ3v) is 9.27. The fourth-order valence-corrected chi connectivity index (χ4v) is 6.70. The average molecular weight is 772 g/mol. The van der Waals surface area contributed by atoms with E-state index in [0.717, 1.165) is 29.2 Å². The van der Waals surface area contributed by atoms with Gasteiger partial charge in [0.25, 0.3) is 0 Å². The van der Waals surface area contributed by atoms with E-state index in [4.69, 9.17) is 9.84 Å². The summed E-state index contributed by atoms with van der Waals surface area (Å²) in [5.74, 6) is -3.10. The van der Waals surface area contributed by atoms with Gasteiger partial charge in [-0.2, -0.15) is 18.3 Å². The fraction of sp³-hybridized carbons (Fsp3) is 0.351. The van der Waals surface area contributed by atoms with Gasteiger partial charge in [0.2, 0.25) is 11.9 Å². The van der Waals surface area contributed by atoms with Gasteiger partial charge in [-0.05, 0) is 42.5 Å². The number of nitrogens with zero attached hydrogens (tertiary/aromatic N) is 5. The molecule has 286 valence electrons. The van der Waals surface area contributed by atoms with E-state index < -0.39 is 41.4 Å². The van der Waals surface area contributed by atoms with Crippen LogP contribution < -0.4 is 10.2 Å². The van der Waals surface area contributed by atoms with Crippen molar-refractivity contribution in [1.29, 1.82) is 0 Å². The number of H-pyrrole nitrogens is 1. The summed E-state index contributed by atoms with van der Waals surface area (Å²) in [7, 11) is 0. The molecular weight excluding hydrogens is 734 g/mol. The molecule has 0 spiro atoms. The monoisotopic (exact) mass is 771 g/mol. The molecule has 0 saturated carbocycles. The lowest BCUT2D eigenvalue weighted by Gasteiger charge is -2.27. The molecule has 0 aliphatic carbocycles. The number of esters is 1. The van der Waals surface area contributed by atoms with Crippen LogP contribution in [0.3, 0.4) is 0 Å². The molecule has 1 aliphatic heterocycles. The number of nitrogens with one attached hydrogen (secondary N) is 2. The molecule has 2 aromatic carbocycles. The first-order valence-electron chi connectivity index (χ1n) is 17.1. The minimum absolute atomic E-state index is 0. The van der Waals surface area contributed by atoms with Crippen LogP contribution >= 0.6 is 12.4 Å². The molecule has 0 bridgehead atoms. The molecule has 4 heterocycles. The number of aromatic amines is 1. The fourth-order valence-electron chi connectivity index (χ4n) is 6.70. The number of hydrogen-bond acceptors (Lipinski definition) is 8. The van der Waals surface area contributed by atoms with Crippen molar-refractivity contribution in [3.8, 4) is 16.9 Å². The SMILES string of the molecule is CCc1cccc(CC)c1-n1nc2c(c1-c1c(F)cc(COC(=O)CCC(NC(C)=O)C(=O)O)c3[nH]ccc13)CN(c1ncc(C(F)(F)F)cn1)CC2.Cl. The number of aryl methyl sites for hydroxylation is 2. The van der Waals surface area contributed by atoms with Crippen LogP contribution in [-0.2, 0) is 57.7 Å². The molecule has 3 N–H and O–H groups in total. The van der Waals surface area contributed by atoms with Crippen molar-refractivity contribution in [2.24, 2.45) is 0 Å². The molecule has 5 aromatic rings. The summed E-state index contributed by atoms with van der Waals surface area (Å²) in [6.45, 7) is 5.41. The van der Waals surface area contributed by atoms with Gasteiger partial charge in [0.05, 0.1) is 28.2 Å². The number of halogens is 5. The Hall–Kier alpha value is -5.51. The van der Waals surface area contributed by atoms with Crippen LogP contribution in [-0.4, -0.2) is 60.3 Å². The van der Waals surface area contributed by atoms with Crippen molar-refractivity contribution < 1.29 is 41.8 Å². The lowest BCUT2D eigenvalue weighted by Crippen LogP contribution is -2.39. The van der Waals surface area contributed by atoms with Gasteiger partial charge in [0, 0.05) is 73.5 Å². The maximum atomic E-state index is 16.8. The molecule has 17 heteroatoms. The summed E-state index contributed by atoms with van der Waals surface area (Å²) in [6.07, 6.45) is -0.222. The van der Waals surface area contributed by atoms with Crippen molar-refractivity contribution in [3.05, 3.63) is 88.3 Å². The minimum Gasteiger partial charge on any atom is -0.480 e. The first kappa shape index (κ1) is 39.7. The maximum Gasteiger partial charge on any atom is 0.419 e. The number of aliphatic carboxylic acids is 1. The highest BCUT2D eigenvalue weighted by Crippen LogP contribution is 2.41. The Balaban J connectivity index is 0.00000561. The molecule has 0 radical (unpaired) electrons. The summed E-state index contributed by atoms with van der Waals surface area (Å²) in [5, 5.41) is 17.1. The van der Waals surface area contributed by atoms with Crippen molar-refractivity contribution in [2.75, 3.05) is 11.4 Å². The highest BCUT2D eigenvalue weighted by molar-refractivity contribution is 5.98. The lowest BCUT2D eigenvalue weighted by atomic mass is 9.95. The molecule has 1 amide bonds. The van der Waals surface area contributed by atoms with Gasteiger partial charge >= 0.3 is 18.1 Å². The van der Waals surface area contributed by atoms with Crippen LogP contribution in [0.1, 0.15) is 67.1 Å². The number of aromatic nitrogens is 5. The van der Waals surface area contributed by atoms with Crippen LogP contribution in [0, 0.1) is 5.82 Å². The van der Waals surface area contributed by atoms with Gasteiger partial charge in [-0.15, -0.1) is 12.4 Å². The van der Waals surface area contributed by atoms with E-state index in [2.05, 4.69) is 20.3 Å². The van der Waals surface area contributed by atoms with Gasteiger partial charge in [0.15, 0.2) is 0 Å². The Labute approximate surface area is 313 Å². The van der Waals surface area contributed by atoms with Gasteiger partial charge < -0.3 is 25.0 Å². The zero-order valence-electron chi connectivity index (χ0n) is 29.6. The Morgan fingerprint density at radius 2 is 1.76 bits per heavy atom. The van der Waals surface area contributed by atoms with Gasteiger partial charge in [-0.1, -0.05) is 32.0 Å². The molecule has 1 aliphatic rings. The molecule has 6 rings (SSSR count). The van der Waals surface area contributed by atoms with Gasteiger partial charge in [-0.25, -0.2) is 23.8 Å². The summed E-state index contributed by atoms with van der Waals surface area (Å²) in [6, 6.07) is 7.67. The molecule has 3 aromatic heterocycles. The minimum atomic E-state index is -4.59. The van der Waals surface area contributed by atoms with E-state index in [1.807, 2.05) is 32.0 Å². The normalized spacial score (nSPS) is 13.3. The predicted octanol–water partition coefficient (Wildman–Crippen LogP) is 6.49. The molecule has 54 heavy (non-hydrogen) atoms. The van der Waals surface area contributed by atoms with E-state index in [-0.39, 0.29) is 49.9 Å². The number of anilines is 1. The standard InChI is InChI=1S/C37H37F4N7O5.ClH/c1-4-21-7-6-8-22(5-2)33(21)48-34(26-18-47(14-12-28(26)46-48)36-43-16-24(17-44-36)37(39,40)41)31-25-11-13-42-32(25)23(15-27(31)38)19-53-30(50)10-9-29(35(51)52)45-20(3)49;/h6-8,11,13,15-17,29,42H,4-5,9-10,12,14,18-19H2,1-3H3,(H,45,49)(H,51,52);1H. The number of fused-ring (bicyclic) bond motifs is 2. The summed E-state index contributed by atoms with van der Waals surface area (Å²) < 4.78 is 63.8. The number of benzene rings is 2. The van der Waals surface area contributed by atoms with Crippen LogP contribution in [0.4, 0.5) is 23.5 Å². The van der Waals surface area contributed by atoms with E-state index in [1.165, 1.54) is 13.0 Å². The number of carboxylic acid groups (broad SMARTS) is 1. The lowest BCUT2D eigenvalue weighted by molar-refractivity contribution is -0.146. The maximum absolute atomic E-state index is 16.8. The topological polar surface area (TPSA) is 155 Å². The first-order chi connectivity index (χ1) is 25.3. The van der Waals surface area contributed by atoms with E-state index in [0.29, 0.717) is 59.2 Å². The Morgan fingerprint density at radius 1 is 1.07 bits per heavy atom. The number of rotatable bonds is 12. The van der Waals surface area contributed by atoms with Crippen LogP contribution in [0.15, 0.2) is 48.9 Å². The number of carboxylic acids is 1. The number of ether oxygens (including phenoxy) is 1. The number of carbonyl (C=O) groups is 3. The molecule has 0 fully saturated rings. The molecule has 12 nitrogen and oxygen atoms in total. The number of amides is 1. The highest BCUT2D eigenvalue weighted by atomic mass is 35.5. The number of hydrogen-bond donors (Lipinski definition) is 3. The van der Waals surface area contributed by atoms with Crippen LogP contribution in [0.2, 0.25) is 0 Å². The largest absolute Gasteiger partial charge is 0.480 e. The quantitative estimate of drug-likeness (QED) is 0.0954. The zero-order chi connectivity index (χ0) is 38.0. The smallest absolute Gasteiger partial charge is 0.419 e. The first-order valence-corrected chi connectivity index (χ1v) is 17.1. The zero-order valence-corrected chi connectivity index (χ0v) is 30.4. The van der Waals surface area contributed by atoms with Gasteiger partial charge in [0.1, 0.15) is 18.5 Å². The van der Waals surface area contributed by atoms with Crippen LogP contribution in [0.25, 0.3) is 27.8 Å². The summed E-state index contributed by atoms with van der Waals surface area (Å²) >= 11 is 0. The van der Waals surface area contributed by atoms with Crippen molar-refractivity contribution >= 4 is 47.1 Å². The second kappa shape index (κ2) is 16.2. The molecule has 0 saturated heterocycles. The average Bonchev–Trinajstić information content (AvgIpc) is 3.76. The molecular formula is C37H38ClF4N7O5. The number of alkyl halides is 3. The van der Waals surface area contributed by atoms with E-state index in [9.17, 15) is 32.7 Å². The second-order valence-corrected chi connectivity index (χ2v) is 12.7. The number of carbonyl (C=O) groups excluding carboxylic acids is 2. The summed E-state index contributed by atoms with van der Waals surface area (Å²) in [5.41, 5.74) is 4.74. The Bertz CT molecular complexity index is 2160. The van der Waals surface area contributed by atoms with E-state index >= 15 is 4.39 Å². The highest BCUT2D eigenvalue weighted by Gasteiger charge is 2.34. The second-order valence-electron chi connectivity index (χ2n) is 12.7. The van der Waals surface area contributed by atoms with Crippen molar-refractivity contribution in [3.63, 3.8) is 0 Å². The Kier molecular flexibility index (Phi) is 11.9. The van der Waals surface area contributed by atoms with Crippen molar-refractivity contribution in [1.82, 2.24) is 30.0 Å². The number of para-hydroxylation sites is 1. The summed E-state index contributed by atoms with van der Waals surface area (Å²) in [4.78, 5) is 48.3. The molecule has 1 atom stereocenters. The predicted molar refractivity (Wildman–Crippen MR) is 193 cm³/mol.